The largest absolute Gasteiger partial charge is 1.00 e. The molecule has 0 heterocycles. The Morgan fingerprint density at radius 1 is 0.824 bits per heavy atom. The van der Waals surface area contributed by atoms with Crippen molar-refractivity contribution in [3.63, 3.8) is 0 Å². The SMILES string of the molecule is CC[N+](CC)(CC)CCOCCOCCO.[Cl-]. The Morgan fingerprint density at radius 2 is 1.29 bits per heavy atom. The fourth-order valence-electron chi connectivity index (χ4n) is 1.79. The lowest BCUT2D eigenvalue weighted by atomic mass is 10.3. The summed E-state index contributed by atoms with van der Waals surface area (Å²) in [7, 11) is 0. The molecule has 0 atom stereocenters. The topological polar surface area (TPSA) is 38.7 Å². The number of aliphatic hydroxyl groups excluding tert-OH is 1. The molecule has 0 spiro atoms. The number of nitrogens with zero attached hydrogens (tertiary/aromatic N) is 1. The Kier molecular flexibility index (Phi) is 14.4. The summed E-state index contributed by atoms with van der Waals surface area (Å²) < 4.78 is 11.8. The van der Waals surface area contributed by atoms with Gasteiger partial charge in [-0.05, 0) is 20.8 Å². The first kappa shape index (κ1) is 19.5. The highest BCUT2D eigenvalue weighted by Gasteiger charge is 2.19. The van der Waals surface area contributed by atoms with Crippen molar-refractivity contribution in [3.8, 4) is 0 Å². The normalized spacial score (nSPS) is 11.3. The van der Waals surface area contributed by atoms with E-state index < -0.39 is 0 Å². The second-order valence-electron chi connectivity index (χ2n) is 3.96. The fraction of sp³-hybridized carbons (Fsp3) is 1.00. The van der Waals surface area contributed by atoms with Gasteiger partial charge in [0.1, 0.15) is 6.54 Å². The van der Waals surface area contributed by atoms with Crippen molar-refractivity contribution < 1.29 is 31.5 Å². The lowest BCUT2D eigenvalue weighted by Crippen LogP contribution is -3.00. The van der Waals surface area contributed by atoms with E-state index in [1.54, 1.807) is 0 Å². The van der Waals surface area contributed by atoms with Crippen LogP contribution in [0, 0.1) is 0 Å². The van der Waals surface area contributed by atoms with Crippen molar-refractivity contribution >= 4 is 0 Å². The molecular weight excluding hydrogens is 242 g/mol. The number of ether oxygens (including phenoxy) is 2. The Balaban J connectivity index is 0. The Bertz CT molecular complexity index is 146. The third-order valence-corrected chi connectivity index (χ3v) is 3.33. The summed E-state index contributed by atoms with van der Waals surface area (Å²) in [6.07, 6.45) is 0. The van der Waals surface area contributed by atoms with Crippen molar-refractivity contribution in [1.82, 2.24) is 0 Å². The van der Waals surface area contributed by atoms with E-state index in [1.807, 2.05) is 0 Å². The molecule has 0 saturated carbocycles. The highest BCUT2D eigenvalue weighted by Crippen LogP contribution is 2.04. The van der Waals surface area contributed by atoms with Crippen molar-refractivity contribution in [2.24, 2.45) is 0 Å². The number of hydrogen-bond donors (Lipinski definition) is 1. The van der Waals surface area contributed by atoms with Crippen LogP contribution in [-0.2, 0) is 9.47 Å². The zero-order valence-corrected chi connectivity index (χ0v) is 12.2. The van der Waals surface area contributed by atoms with Crippen LogP contribution in [0.1, 0.15) is 20.8 Å². The first-order valence-electron chi connectivity index (χ1n) is 6.36. The van der Waals surface area contributed by atoms with E-state index in [-0.39, 0.29) is 19.0 Å². The van der Waals surface area contributed by atoms with Gasteiger partial charge in [0.15, 0.2) is 0 Å². The van der Waals surface area contributed by atoms with Crippen LogP contribution in [0.15, 0.2) is 0 Å². The number of halogens is 1. The van der Waals surface area contributed by atoms with Crippen LogP contribution in [0.3, 0.4) is 0 Å². The number of likely N-dealkylation sites (N-methyl/N-ethyl adjacent to an activating group) is 1. The van der Waals surface area contributed by atoms with Gasteiger partial charge in [0, 0.05) is 0 Å². The summed E-state index contributed by atoms with van der Waals surface area (Å²) in [4.78, 5) is 0. The predicted octanol–water partition coefficient (Wildman–Crippen LogP) is -2.11. The molecule has 0 saturated heterocycles. The quantitative estimate of drug-likeness (QED) is 0.345. The number of quaternary nitrogens is 1. The Hall–Kier alpha value is 0.130. The monoisotopic (exact) mass is 269 g/mol. The number of rotatable bonds is 11. The van der Waals surface area contributed by atoms with Gasteiger partial charge >= 0.3 is 0 Å². The zero-order chi connectivity index (χ0) is 12.3. The van der Waals surface area contributed by atoms with E-state index in [0.29, 0.717) is 19.8 Å². The average molecular weight is 270 g/mol. The second kappa shape index (κ2) is 12.6. The molecule has 5 heteroatoms. The summed E-state index contributed by atoms with van der Waals surface area (Å²) in [5.41, 5.74) is 0. The molecule has 0 fully saturated rings. The van der Waals surface area contributed by atoms with Gasteiger partial charge in [-0.15, -0.1) is 0 Å². The van der Waals surface area contributed by atoms with E-state index in [1.165, 1.54) is 0 Å². The standard InChI is InChI=1S/C12H28NO3.ClH/c1-4-13(5-2,6-3)7-9-15-11-12-16-10-8-14;/h14H,4-12H2,1-3H3;1H/q+1;/p-1. The van der Waals surface area contributed by atoms with Gasteiger partial charge in [-0.1, -0.05) is 0 Å². The number of hydrogen-bond acceptors (Lipinski definition) is 3. The number of aliphatic hydroxyl groups is 1. The molecule has 1 N–H and O–H groups in total. The third-order valence-electron chi connectivity index (χ3n) is 3.33. The Labute approximate surface area is 112 Å². The molecular formula is C12H28ClNO3. The summed E-state index contributed by atoms with van der Waals surface area (Å²) in [5, 5.41) is 8.50. The second-order valence-corrected chi connectivity index (χ2v) is 3.96. The Morgan fingerprint density at radius 3 is 1.71 bits per heavy atom. The minimum Gasteiger partial charge on any atom is -1.00 e. The molecule has 0 radical (unpaired) electrons. The van der Waals surface area contributed by atoms with Gasteiger partial charge in [0.05, 0.1) is 52.7 Å². The van der Waals surface area contributed by atoms with Crippen molar-refractivity contribution in [3.05, 3.63) is 0 Å². The molecule has 0 aliphatic carbocycles. The molecule has 0 amide bonds. The van der Waals surface area contributed by atoms with Gasteiger partial charge < -0.3 is 31.5 Å². The van der Waals surface area contributed by atoms with E-state index in [2.05, 4.69) is 20.8 Å². The lowest BCUT2D eigenvalue weighted by molar-refractivity contribution is -0.923. The molecule has 0 aliphatic heterocycles. The molecule has 0 rings (SSSR count). The van der Waals surface area contributed by atoms with Gasteiger partial charge in [0.25, 0.3) is 0 Å². The summed E-state index contributed by atoms with van der Waals surface area (Å²) >= 11 is 0. The van der Waals surface area contributed by atoms with Gasteiger partial charge in [0.2, 0.25) is 0 Å². The molecule has 0 aromatic carbocycles. The highest BCUT2D eigenvalue weighted by atomic mass is 35.5. The molecule has 0 aromatic rings. The smallest absolute Gasteiger partial charge is 0.102 e. The first-order chi connectivity index (χ1) is 7.74. The summed E-state index contributed by atoms with van der Waals surface area (Å²) in [6, 6.07) is 0. The van der Waals surface area contributed by atoms with Crippen molar-refractivity contribution in [1.29, 1.82) is 0 Å². The molecule has 4 nitrogen and oxygen atoms in total. The fourth-order valence-corrected chi connectivity index (χ4v) is 1.79. The van der Waals surface area contributed by atoms with Crippen molar-refractivity contribution in [2.75, 3.05) is 59.2 Å². The van der Waals surface area contributed by atoms with E-state index >= 15 is 0 Å². The molecule has 17 heavy (non-hydrogen) atoms. The maximum absolute atomic E-state index is 8.50. The highest BCUT2D eigenvalue weighted by molar-refractivity contribution is 4.39. The summed E-state index contributed by atoms with van der Waals surface area (Å²) in [6.45, 7) is 13.7. The first-order valence-corrected chi connectivity index (χ1v) is 6.36. The van der Waals surface area contributed by atoms with Gasteiger partial charge in [-0.3, -0.25) is 0 Å². The maximum Gasteiger partial charge on any atom is 0.102 e. The van der Waals surface area contributed by atoms with E-state index in [0.717, 1.165) is 37.3 Å². The van der Waals surface area contributed by atoms with Crippen LogP contribution in [0.25, 0.3) is 0 Å². The predicted molar refractivity (Wildman–Crippen MR) is 65.5 cm³/mol. The van der Waals surface area contributed by atoms with Crippen LogP contribution in [-0.4, -0.2) is 68.8 Å². The molecule has 106 valence electrons. The van der Waals surface area contributed by atoms with Crippen LogP contribution in [0.5, 0.6) is 0 Å². The van der Waals surface area contributed by atoms with Crippen LogP contribution < -0.4 is 12.4 Å². The van der Waals surface area contributed by atoms with Crippen molar-refractivity contribution in [2.45, 2.75) is 20.8 Å². The van der Waals surface area contributed by atoms with Crippen LogP contribution >= 0.6 is 0 Å². The van der Waals surface area contributed by atoms with E-state index in [4.69, 9.17) is 14.6 Å². The molecule has 0 bridgehead atoms. The minimum absolute atomic E-state index is 0. The molecule has 0 unspecified atom stereocenters. The maximum atomic E-state index is 8.50. The summed E-state index contributed by atoms with van der Waals surface area (Å²) in [5.74, 6) is 0. The zero-order valence-electron chi connectivity index (χ0n) is 11.5. The van der Waals surface area contributed by atoms with Gasteiger partial charge in [-0.2, -0.15) is 0 Å². The minimum atomic E-state index is 0. The van der Waals surface area contributed by atoms with E-state index in [9.17, 15) is 0 Å². The van der Waals surface area contributed by atoms with Crippen LogP contribution in [0.2, 0.25) is 0 Å². The average Bonchev–Trinajstić information content (AvgIpc) is 2.34. The van der Waals surface area contributed by atoms with Crippen LogP contribution in [0.4, 0.5) is 0 Å². The molecule has 0 aromatic heterocycles. The lowest BCUT2D eigenvalue weighted by Gasteiger charge is -2.35. The van der Waals surface area contributed by atoms with Gasteiger partial charge in [-0.25, -0.2) is 0 Å². The third kappa shape index (κ3) is 8.80. The molecule has 0 aliphatic rings.